The lowest BCUT2D eigenvalue weighted by Crippen LogP contribution is -2.04. The maximum Gasteiger partial charge on any atom is 0.293 e. The van der Waals surface area contributed by atoms with E-state index in [1.807, 2.05) is 19.1 Å². The van der Waals surface area contributed by atoms with Crippen molar-refractivity contribution in [1.29, 1.82) is 0 Å². The number of nitrogens with one attached hydrogen (secondary N) is 1. The summed E-state index contributed by atoms with van der Waals surface area (Å²) in [6.07, 6.45) is 4.72. The number of nitrogens with zero attached hydrogens (tertiary/aromatic N) is 1. The van der Waals surface area contributed by atoms with Gasteiger partial charge in [0.25, 0.3) is 5.69 Å². The van der Waals surface area contributed by atoms with E-state index in [4.69, 9.17) is 11.6 Å². The SMILES string of the molecule is C/C=C/CCNc1c(Cl)cccc1[N+](=O)[O-]. The van der Waals surface area contributed by atoms with E-state index in [1.165, 1.54) is 6.07 Å². The van der Waals surface area contributed by atoms with Gasteiger partial charge in [-0.15, -0.1) is 0 Å². The van der Waals surface area contributed by atoms with Crippen molar-refractivity contribution >= 4 is 23.0 Å². The Bertz CT molecular complexity index is 405. The largest absolute Gasteiger partial charge is 0.378 e. The van der Waals surface area contributed by atoms with Crippen molar-refractivity contribution in [3.05, 3.63) is 45.5 Å². The summed E-state index contributed by atoms with van der Waals surface area (Å²) in [6, 6.07) is 4.63. The van der Waals surface area contributed by atoms with Crippen LogP contribution in [-0.4, -0.2) is 11.5 Å². The lowest BCUT2D eigenvalue weighted by Gasteiger charge is -2.07. The molecule has 0 aliphatic heterocycles. The highest BCUT2D eigenvalue weighted by atomic mass is 35.5. The molecule has 0 radical (unpaired) electrons. The van der Waals surface area contributed by atoms with Gasteiger partial charge in [-0.25, -0.2) is 0 Å². The molecule has 16 heavy (non-hydrogen) atoms. The van der Waals surface area contributed by atoms with Gasteiger partial charge in [-0.2, -0.15) is 0 Å². The number of nitro benzene ring substituents is 1. The van der Waals surface area contributed by atoms with Crippen LogP contribution in [0.3, 0.4) is 0 Å². The molecule has 86 valence electrons. The van der Waals surface area contributed by atoms with E-state index in [1.54, 1.807) is 12.1 Å². The maximum atomic E-state index is 10.8. The molecule has 0 saturated carbocycles. The van der Waals surface area contributed by atoms with Crippen molar-refractivity contribution in [3.8, 4) is 0 Å². The van der Waals surface area contributed by atoms with Crippen LogP contribution in [0.25, 0.3) is 0 Å². The Labute approximate surface area is 99.1 Å². The third-order valence-corrected chi connectivity index (χ3v) is 2.35. The highest BCUT2D eigenvalue weighted by Crippen LogP contribution is 2.31. The molecule has 4 nitrogen and oxygen atoms in total. The third kappa shape index (κ3) is 3.24. The molecule has 0 amide bonds. The number of nitro groups is 1. The fraction of sp³-hybridized carbons (Fsp3) is 0.273. The monoisotopic (exact) mass is 240 g/mol. The summed E-state index contributed by atoms with van der Waals surface area (Å²) in [5, 5.41) is 14.1. The molecule has 1 aromatic rings. The molecule has 0 heterocycles. The van der Waals surface area contributed by atoms with Crippen molar-refractivity contribution in [2.24, 2.45) is 0 Å². The number of hydrogen-bond acceptors (Lipinski definition) is 3. The van der Waals surface area contributed by atoms with Crippen molar-refractivity contribution in [1.82, 2.24) is 0 Å². The second-order valence-corrected chi connectivity index (χ2v) is 3.58. The van der Waals surface area contributed by atoms with E-state index in [9.17, 15) is 10.1 Å². The predicted octanol–water partition coefficient (Wildman–Crippen LogP) is 3.63. The zero-order valence-corrected chi connectivity index (χ0v) is 9.70. The van der Waals surface area contributed by atoms with Gasteiger partial charge in [-0.1, -0.05) is 29.8 Å². The Balaban J connectivity index is 2.80. The molecular formula is C11H13ClN2O2. The Hall–Kier alpha value is -1.55. The summed E-state index contributed by atoms with van der Waals surface area (Å²) >= 11 is 5.90. The molecule has 0 aliphatic carbocycles. The summed E-state index contributed by atoms with van der Waals surface area (Å²) in [4.78, 5) is 10.3. The fourth-order valence-corrected chi connectivity index (χ4v) is 1.52. The zero-order valence-electron chi connectivity index (χ0n) is 8.94. The van der Waals surface area contributed by atoms with Crippen molar-refractivity contribution < 1.29 is 4.92 Å². The lowest BCUT2D eigenvalue weighted by molar-refractivity contribution is -0.383. The first kappa shape index (κ1) is 12.5. The number of rotatable bonds is 5. The van der Waals surface area contributed by atoms with E-state index in [-0.39, 0.29) is 5.69 Å². The second-order valence-electron chi connectivity index (χ2n) is 3.18. The van der Waals surface area contributed by atoms with Gasteiger partial charge in [0.2, 0.25) is 0 Å². The molecule has 0 aromatic heterocycles. The smallest absolute Gasteiger partial charge is 0.293 e. The summed E-state index contributed by atoms with van der Waals surface area (Å²) < 4.78 is 0. The van der Waals surface area contributed by atoms with Crippen LogP contribution in [0.4, 0.5) is 11.4 Å². The molecule has 0 atom stereocenters. The van der Waals surface area contributed by atoms with Gasteiger partial charge in [0, 0.05) is 12.6 Å². The molecule has 0 spiro atoms. The normalized spacial score (nSPS) is 10.6. The van der Waals surface area contributed by atoms with Gasteiger partial charge in [0.1, 0.15) is 5.69 Å². The minimum Gasteiger partial charge on any atom is -0.378 e. The molecule has 0 fully saturated rings. The first-order valence-corrected chi connectivity index (χ1v) is 5.32. The van der Waals surface area contributed by atoms with Gasteiger partial charge < -0.3 is 5.32 Å². The summed E-state index contributed by atoms with van der Waals surface area (Å²) in [7, 11) is 0. The standard InChI is InChI=1S/C11H13ClN2O2/c1-2-3-4-8-13-11-9(12)6-5-7-10(11)14(15)16/h2-3,5-7,13H,4,8H2,1H3/b3-2+. The Morgan fingerprint density at radius 3 is 2.94 bits per heavy atom. The molecule has 1 N–H and O–H groups in total. The van der Waals surface area contributed by atoms with Crippen LogP contribution >= 0.6 is 11.6 Å². The number of hydrogen-bond donors (Lipinski definition) is 1. The van der Waals surface area contributed by atoms with Gasteiger partial charge in [0.15, 0.2) is 0 Å². The third-order valence-electron chi connectivity index (χ3n) is 2.04. The summed E-state index contributed by atoms with van der Waals surface area (Å²) in [6.45, 7) is 2.55. The van der Waals surface area contributed by atoms with Crippen LogP contribution in [0.1, 0.15) is 13.3 Å². The van der Waals surface area contributed by atoms with Crippen molar-refractivity contribution in [2.45, 2.75) is 13.3 Å². The molecular weight excluding hydrogens is 228 g/mol. The fourth-order valence-electron chi connectivity index (χ4n) is 1.29. The average molecular weight is 241 g/mol. The topological polar surface area (TPSA) is 55.2 Å². The second kappa shape index (κ2) is 6.12. The number of benzene rings is 1. The summed E-state index contributed by atoms with van der Waals surface area (Å²) in [5.74, 6) is 0. The molecule has 1 rings (SSSR count). The Kier molecular flexibility index (Phi) is 4.79. The minimum absolute atomic E-state index is 0.00739. The van der Waals surface area contributed by atoms with Crippen LogP contribution in [0.15, 0.2) is 30.4 Å². The number of allylic oxidation sites excluding steroid dienone is 1. The minimum atomic E-state index is -0.441. The van der Waals surface area contributed by atoms with Crippen LogP contribution in [0.5, 0.6) is 0 Å². The average Bonchev–Trinajstić information content (AvgIpc) is 2.25. The lowest BCUT2D eigenvalue weighted by atomic mass is 10.2. The highest BCUT2D eigenvalue weighted by molar-refractivity contribution is 6.33. The number of halogens is 1. The first-order chi connectivity index (χ1) is 7.66. The molecule has 0 unspecified atom stereocenters. The maximum absolute atomic E-state index is 10.8. The van der Waals surface area contributed by atoms with Crippen LogP contribution < -0.4 is 5.32 Å². The van der Waals surface area contributed by atoms with Crippen molar-refractivity contribution in [2.75, 3.05) is 11.9 Å². The van der Waals surface area contributed by atoms with Crippen LogP contribution in [-0.2, 0) is 0 Å². The van der Waals surface area contributed by atoms with Gasteiger partial charge in [0.05, 0.1) is 9.95 Å². The number of anilines is 1. The van der Waals surface area contributed by atoms with E-state index in [0.717, 1.165) is 6.42 Å². The molecule has 1 aromatic carbocycles. The summed E-state index contributed by atoms with van der Waals surface area (Å²) in [5.41, 5.74) is 0.395. The van der Waals surface area contributed by atoms with Gasteiger partial charge in [-0.05, 0) is 19.4 Å². The van der Waals surface area contributed by atoms with Crippen molar-refractivity contribution in [3.63, 3.8) is 0 Å². The zero-order chi connectivity index (χ0) is 12.0. The molecule has 0 bridgehead atoms. The predicted molar refractivity (Wildman–Crippen MR) is 66.0 cm³/mol. The van der Waals surface area contributed by atoms with Crippen LogP contribution in [0, 0.1) is 10.1 Å². The Morgan fingerprint density at radius 1 is 1.56 bits per heavy atom. The highest BCUT2D eigenvalue weighted by Gasteiger charge is 2.15. The first-order valence-electron chi connectivity index (χ1n) is 4.94. The van der Waals surface area contributed by atoms with Crippen LogP contribution in [0.2, 0.25) is 5.02 Å². The van der Waals surface area contributed by atoms with E-state index >= 15 is 0 Å². The van der Waals surface area contributed by atoms with Gasteiger partial charge in [-0.3, -0.25) is 10.1 Å². The number of para-hydroxylation sites is 1. The quantitative estimate of drug-likeness (QED) is 0.370. The molecule has 0 aliphatic rings. The van der Waals surface area contributed by atoms with Gasteiger partial charge >= 0.3 is 0 Å². The van der Waals surface area contributed by atoms with E-state index in [0.29, 0.717) is 17.3 Å². The molecule has 5 heteroatoms. The Morgan fingerprint density at radius 2 is 2.31 bits per heavy atom. The molecule has 0 saturated heterocycles. The van der Waals surface area contributed by atoms with E-state index < -0.39 is 4.92 Å². The van der Waals surface area contributed by atoms with E-state index in [2.05, 4.69) is 5.32 Å².